The van der Waals surface area contributed by atoms with E-state index in [2.05, 4.69) is 15.6 Å². The Hall–Kier alpha value is -3.77. The Morgan fingerprint density at radius 3 is 2.47 bits per heavy atom. The molecular formula is C22H25N5O6S. The van der Waals surface area contributed by atoms with Crippen LogP contribution in [0, 0.1) is 10.1 Å². The lowest BCUT2D eigenvalue weighted by Crippen LogP contribution is -2.31. The highest BCUT2D eigenvalue weighted by Gasteiger charge is 2.23. The van der Waals surface area contributed by atoms with Crippen molar-refractivity contribution in [2.24, 2.45) is 0 Å². The minimum atomic E-state index is -3.76. The molecule has 0 aliphatic heterocycles. The van der Waals surface area contributed by atoms with Crippen LogP contribution in [0.5, 0.6) is 0 Å². The monoisotopic (exact) mass is 487 g/mol. The molecule has 0 aliphatic rings. The van der Waals surface area contributed by atoms with Crippen LogP contribution in [0.2, 0.25) is 0 Å². The van der Waals surface area contributed by atoms with Crippen molar-refractivity contribution in [3.8, 4) is 0 Å². The van der Waals surface area contributed by atoms with Crippen molar-refractivity contribution in [3.63, 3.8) is 0 Å². The number of para-hydroxylation sites is 2. The van der Waals surface area contributed by atoms with Gasteiger partial charge in [-0.15, -0.1) is 0 Å². The predicted molar refractivity (Wildman–Crippen MR) is 129 cm³/mol. The van der Waals surface area contributed by atoms with Crippen LogP contribution in [0.4, 0.5) is 11.4 Å². The number of aromatic amines is 1. The molecule has 0 unspecified atom stereocenters. The lowest BCUT2D eigenvalue weighted by molar-refractivity contribution is -0.384. The molecule has 2 aromatic carbocycles. The number of hydrogen-bond donors (Lipinski definition) is 3. The van der Waals surface area contributed by atoms with Gasteiger partial charge in [0, 0.05) is 49.2 Å². The van der Waals surface area contributed by atoms with E-state index in [0.29, 0.717) is 24.3 Å². The molecule has 12 heteroatoms. The lowest BCUT2D eigenvalue weighted by atomic mass is 10.1. The molecule has 180 valence electrons. The van der Waals surface area contributed by atoms with Crippen LogP contribution in [0.1, 0.15) is 24.2 Å². The third-order valence-electron chi connectivity index (χ3n) is 5.23. The molecule has 3 aromatic rings. The number of rotatable bonds is 10. The molecular weight excluding hydrogens is 462 g/mol. The van der Waals surface area contributed by atoms with Crippen LogP contribution < -0.4 is 16.2 Å². The van der Waals surface area contributed by atoms with E-state index in [0.717, 1.165) is 6.07 Å². The molecule has 0 saturated heterocycles. The molecule has 1 aromatic heterocycles. The topological polar surface area (TPSA) is 155 Å². The number of carbonyl (C=O) groups excluding carboxylic acids is 1. The Morgan fingerprint density at radius 2 is 1.79 bits per heavy atom. The van der Waals surface area contributed by atoms with E-state index in [1.54, 1.807) is 32.0 Å². The Morgan fingerprint density at radius 1 is 1.09 bits per heavy atom. The van der Waals surface area contributed by atoms with Crippen LogP contribution in [-0.2, 0) is 10.0 Å². The van der Waals surface area contributed by atoms with Gasteiger partial charge in [-0.05, 0) is 24.3 Å². The summed E-state index contributed by atoms with van der Waals surface area (Å²) < 4.78 is 27.1. The van der Waals surface area contributed by atoms with E-state index in [-0.39, 0.29) is 34.6 Å². The second kappa shape index (κ2) is 10.4. The second-order valence-electron chi connectivity index (χ2n) is 7.30. The van der Waals surface area contributed by atoms with Gasteiger partial charge in [0.1, 0.15) is 5.69 Å². The third kappa shape index (κ3) is 5.24. The Kier molecular flexibility index (Phi) is 7.64. The highest BCUT2D eigenvalue weighted by atomic mass is 32.2. The number of nitro benzene ring substituents is 1. The summed E-state index contributed by atoms with van der Waals surface area (Å²) in [7, 11) is -3.76. The normalized spacial score (nSPS) is 11.5. The van der Waals surface area contributed by atoms with Gasteiger partial charge >= 0.3 is 0 Å². The molecule has 1 heterocycles. The number of nitro groups is 1. The number of H-pyrrole nitrogens is 1. The zero-order valence-electron chi connectivity index (χ0n) is 18.7. The second-order valence-corrected chi connectivity index (χ2v) is 9.24. The van der Waals surface area contributed by atoms with Crippen LogP contribution >= 0.6 is 0 Å². The van der Waals surface area contributed by atoms with E-state index in [4.69, 9.17) is 0 Å². The minimum absolute atomic E-state index is 0.0165. The number of fused-ring (bicyclic) bond motifs is 1. The molecule has 3 N–H and O–H groups in total. The van der Waals surface area contributed by atoms with Crippen LogP contribution in [0.25, 0.3) is 10.9 Å². The summed E-state index contributed by atoms with van der Waals surface area (Å²) in [6.07, 6.45) is 0. The first-order valence-corrected chi connectivity index (χ1v) is 12.1. The van der Waals surface area contributed by atoms with E-state index in [9.17, 15) is 28.1 Å². The quantitative estimate of drug-likeness (QED) is 0.225. The summed E-state index contributed by atoms with van der Waals surface area (Å²) in [5.74, 6) is -0.571. The van der Waals surface area contributed by atoms with Crippen molar-refractivity contribution in [1.29, 1.82) is 0 Å². The van der Waals surface area contributed by atoms with Gasteiger partial charge < -0.3 is 15.6 Å². The molecule has 0 spiro atoms. The van der Waals surface area contributed by atoms with E-state index >= 15 is 0 Å². The fraction of sp³-hybridized carbons (Fsp3) is 0.273. The fourth-order valence-electron chi connectivity index (χ4n) is 3.54. The number of anilines is 1. The molecule has 0 saturated carbocycles. The fourth-order valence-corrected chi connectivity index (χ4v) is 5.03. The van der Waals surface area contributed by atoms with Crippen LogP contribution in [0.15, 0.2) is 58.2 Å². The zero-order valence-corrected chi connectivity index (χ0v) is 19.5. The van der Waals surface area contributed by atoms with Crippen molar-refractivity contribution in [2.75, 3.05) is 31.5 Å². The molecule has 0 bridgehead atoms. The van der Waals surface area contributed by atoms with Gasteiger partial charge in [-0.1, -0.05) is 26.0 Å². The number of nitrogens with one attached hydrogen (secondary N) is 3. The van der Waals surface area contributed by atoms with Crippen molar-refractivity contribution >= 4 is 38.2 Å². The zero-order chi connectivity index (χ0) is 24.9. The first-order chi connectivity index (χ1) is 16.2. The molecule has 34 heavy (non-hydrogen) atoms. The Labute approximate surface area is 196 Å². The summed E-state index contributed by atoms with van der Waals surface area (Å²) in [5, 5.41) is 16.9. The largest absolute Gasteiger partial charge is 0.378 e. The van der Waals surface area contributed by atoms with Gasteiger partial charge in [-0.3, -0.25) is 19.7 Å². The molecule has 0 aliphatic carbocycles. The number of nitrogens with zero attached hydrogens (tertiary/aromatic N) is 2. The van der Waals surface area contributed by atoms with Gasteiger partial charge in [0.15, 0.2) is 0 Å². The van der Waals surface area contributed by atoms with E-state index in [1.807, 2.05) is 0 Å². The highest BCUT2D eigenvalue weighted by molar-refractivity contribution is 7.89. The number of benzene rings is 2. The summed E-state index contributed by atoms with van der Waals surface area (Å²) in [6.45, 7) is 4.36. The highest BCUT2D eigenvalue weighted by Crippen LogP contribution is 2.24. The number of amides is 1. The average molecular weight is 488 g/mol. The maximum absolute atomic E-state index is 12.9. The SMILES string of the molecule is CCN(CC)S(=O)(=O)c1ccc2[nH]c(=O)cc(C(=O)NCCNc3ccccc3[N+](=O)[O-])c2c1. The Bertz CT molecular complexity index is 1380. The van der Waals surface area contributed by atoms with Gasteiger partial charge in [0.05, 0.1) is 15.4 Å². The maximum atomic E-state index is 12.9. The van der Waals surface area contributed by atoms with Crippen LogP contribution in [0.3, 0.4) is 0 Å². The van der Waals surface area contributed by atoms with Gasteiger partial charge in [-0.25, -0.2) is 8.42 Å². The smallest absolute Gasteiger partial charge is 0.292 e. The van der Waals surface area contributed by atoms with Crippen molar-refractivity contribution < 1.29 is 18.1 Å². The summed E-state index contributed by atoms with van der Waals surface area (Å²) >= 11 is 0. The lowest BCUT2D eigenvalue weighted by Gasteiger charge is -2.19. The molecule has 3 rings (SSSR count). The summed E-state index contributed by atoms with van der Waals surface area (Å²) in [5.41, 5.74) is 0.0798. The Balaban J connectivity index is 1.82. The number of pyridine rings is 1. The summed E-state index contributed by atoms with van der Waals surface area (Å²) in [4.78, 5) is 38.1. The number of hydrogen-bond acceptors (Lipinski definition) is 7. The maximum Gasteiger partial charge on any atom is 0.292 e. The average Bonchev–Trinajstić information content (AvgIpc) is 2.81. The summed E-state index contributed by atoms with van der Waals surface area (Å²) in [6, 6.07) is 11.5. The first kappa shape index (κ1) is 24.9. The number of aromatic nitrogens is 1. The van der Waals surface area contributed by atoms with E-state index in [1.165, 1.54) is 28.6 Å². The standard InChI is InChI=1S/C22H25N5O6S/c1-3-26(4-2)34(32,33)15-9-10-18-16(13-15)17(14-21(28)25-18)22(29)24-12-11-23-19-7-5-6-8-20(19)27(30)31/h5-10,13-14,23H,3-4,11-12H2,1-2H3,(H,24,29)(H,25,28). The molecule has 0 fully saturated rings. The number of carbonyl (C=O) groups is 1. The molecule has 0 radical (unpaired) electrons. The minimum Gasteiger partial charge on any atom is -0.378 e. The van der Waals surface area contributed by atoms with E-state index < -0.39 is 26.4 Å². The van der Waals surface area contributed by atoms with Crippen molar-refractivity contribution in [1.82, 2.24) is 14.6 Å². The van der Waals surface area contributed by atoms with Crippen molar-refractivity contribution in [3.05, 3.63) is 74.6 Å². The van der Waals surface area contributed by atoms with Gasteiger partial charge in [-0.2, -0.15) is 4.31 Å². The van der Waals surface area contributed by atoms with Crippen molar-refractivity contribution in [2.45, 2.75) is 18.7 Å². The predicted octanol–water partition coefficient (Wildman–Crippen LogP) is 2.31. The molecule has 0 atom stereocenters. The molecule has 11 nitrogen and oxygen atoms in total. The van der Waals surface area contributed by atoms with Gasteiger partial charge in [0.2, 0.25) is 15.6 Å². The van der Waals surface area contributed by atoms with Crippen LogP contribution in [-0.4, -0.2) is 54.7 Å². The van der Waals surface area contributed by atoms with Gasteiger partial charge in [0.25, 0.3) is 11.6 Å². The molecule has 1 amide bonds. The first-order valence-electron chi connectivity index (χ1n) is 10.6. The third-order valence-corrected chi connectivity index (χ3v) is 7.27. The number of sulfonamides is 1.